The number of aliphatic imine (C=N–C) groups is 1. The average molecular weight is 382 g/mol. The van der Waals surface area contributed by atoms with Crippen molar-refractivity contribution >= 4 is 56.3 Å². The first-order valence-electron chi connectivity index (χ1n) is 7.75. The first-order chi connectivity index (χ1) is 12.7. The number of nitrogens with zero attached hydrogens (tertiary/aromatic N) is 4. The van der Waals surface area contributed by atoms with E-state index in [1.165, 1.54) is 28.0 Å². The van der Waals surface area contributed by atoms with Crippen LogP contribution in [-0.4, -0.2) is 40.1 Å². The molecular weight excluding hydrogens is 368 g/mol. The Morgan fingerprint density at radius 1 is 1.27 bits per heavy atom. The van der Waals surface area contributed by atoms with Gasteiger partial charge in [-0.05, 0) is 30.0 Å². The number of benzene rings is 1. The van der Waals surface area contributed by atoms with Crippen molar-refractivity contribution in [2.24, 2.45) is 4.99 Å². The van der Waals surface area contributed by atoms with Crippen molar-refractivity contribution in [3.63, 3.8) is 0 Å². The Balaban J connectivity index is 1.70. The molecular formula is C18H14N4O2S2. The lowest BCUT2D eigenvalue weighted by Crippen LogP contribution is -2.23. The molecule has 0 spiro atoms. The Bertz CT molecular complexity index is 1040. The second kappa shape index (κ2) is 6.89. The van der Waals surface area contributed by atoms with Crippen LogP contribution in [0.5, 0.6) is 5.75 Å². The number of thioether (sulfide) groups is 1. The molecule has 3 aromatic rings. The Morgan fingerprint density at radius 3 is 2.92 bits per heavy atom. The predicted molar refractivity (Wildman–Crippen MR) is 106 cm³/mol. The summed E-state index contributed by atoms with van der Waals surface area (Å²) in [6.07, 6.45) is 3.47. The molecule has 1 amide bonds. The van der Waals surface area contributed by atoms with Gasteiger partial charge in [0.15, 0.2) is 5.17 Å². The molecule has 1 fully saturated rings. The number of likely N-dealkylation sites (N-methyl/N-ethyl adjacent to an activating group) is 1. The zero-order valence-electron chi connectivity index (χ0n) is 14.0. The smallest absolute Gasteiger partial charge is 0.266 e. The fraction of sp³-hybridized carbons (Fsp3) is 0.111. The van der Waals surface area contributed by atoms with Gasteiger partial charge < -0.3 is 4.74 Å². The molecule has 8 heteroatoms. The van der Waals surface area contributed by atoms with Crippen molar-refractivity contribution in [1.82, 2.24) is 14.9 Å². The predicted octanol–water partition coefficient (Wildman–Crippen LogP) is 3.93. The van der Waals surface area contributed by atoms with Crippen LogP contribution in [0, 0.1) is 0 Å². The summed E-state index contributed by atoms with van der Waals surface area (Å²) in [5.41, 5.74) is 1.46. The molecule has 1 aliphatic rings. The highest BCUT2D eigenvalue weighted by molar-refractivity contribution is 8.18. The SMILES string of the molecule is COc1cccc2ccc(/C=C3/SC(=Nc4nccs4)N(C)C3=O)nc12. The van der Waals surface area contributed by atoms with Gasteiger partial charge in [-0.15, -0.1) is 11.3 Å². The van der Waals surface area contributed by atoms with E-state index in [1.807, 2.05) is 35.7 Å². The highest BCUT2D eigenvalue weighted by Crippen LogP contribution is 2.33. The molecule has 1 aliphatic heterocycles. The molecule has 1 aromatic carbocycles. The summed E-state index contributed by atoms with van der Waals surface area (Å²) in [5.74, 6) is 0.600. The molecule has 0 bridgehead atoms. The molecule has 130 valence electrons. The fourth-order valence-corrected chi connectivity index (χ4v) is 4.03. The summed E-state index contributed by atoms with van der Waals surface area (Å²) in [7, 11) is 3.33. The number of carbonyl (C=O) groups excluding carboxylic acids is 1. The van der Waals surface area contributed by atoms with E-state index in [1.54, 1.807) is 26.4 Å². The molecule has 0 saturated carbocycles. The third-order valence-corrected chi connectivity index (χ3v) is 5.54. The summed E-state index contributed by atoms with van der Waals surface area (Å²) in [6.45, 7) is 0. The largest absolute Gasteiger partial charge is 0.494 e. The van der Waals surface area contributed by atoms with Gasteiger partial charge in [0.2, 0.25) is 5.13 Å². The number of amides is 1. The van der Waals surface area contributed by atoms with E-state index in [4.69, 9.17) is 4.74 Å². The minimum atomic E-state index is -0.104. The van der Waals surface area contributed by atoms with Gasteiger partial charge in [-0.25, -0.2) is 9.97 Å². The van der Waals surface area contributed by atoms with Crippen LogP contribution in [0.1, 0.15) is 5.69 Å². The summed E-state index contributed by atoms with van der Waals surface area (Å²) < 4.78 is 5.38. The number of para-hydroxylation sites is 1. The lowest BCUT2D eigenvalue weighted by molar-refractivity contribution is -0.121. The van der Waals surface area contributed by atoms with Crippen molar-refractivity contribution in [2.45, 2.75) is 0 Å². The number of thiazole rings is 1. The van der Waals surface area contributed by atoms with Crippen LogP contribution in [0.3, 0.4) is 0 Å². The van der Waals surface area contributed by atoms with Gasteiger partial charge in [-0.2, -0.15) is 4.99 Å². The Morgan fingerprint density at radius 2 is 2.15 bits per heavy atom. The van der Waals surface area contributed by atoms with E-state index in [2.05, 4.69) is 15.0 Å². The van der Waals surface area contributed by atoms with Gasteiger partial charge in [0, 0.05) is 24.0 Å². The molecule has 0 N–H and O–H groups in total. The number of hydrogen-bond acceptors (Lipinski definition) is 7. The Hall–Kier alpha value is -2.71. The maximum absolute atomic E-state index is 12.5. The molecule has 0 aliphatic carbocycles. The van der Waals surface area contributed by atoms with Gasteiger partial charge >= 0.3 is 0 Å². The van der Waals surface area contributed by atoms with Gasteiger partial charge in [0.1, 0.15) is 11.3 Å². The van der Waals surface area contributed by atoms with E-state index < -0.39 is 0 Å². The monoisotopic (exact) mass is 382 g/mol. The highest BCUT2D eigenvalue weighted by atomic mass is 32.2. The second-order valence-corrected chi connectivity index (χ2v) is 7.33. The number of fused-ring (bicyclic) bond motifs is 1. The van der Waals surface area contributed by atoms with Crippen molar-refractivity contribution in [1.29, 1.82) is 0 Å². The molecule has 3 heterocycles. The van der Waals surface area contributed by atoms with E-state index in [0.29, 0.717) is 26.6 Å². The van der Waals surface area contributed by atoms with Crippen LogP contribution in [-0.2, 0) is 4.79 Å². The molecule has 4 rings (SSSR count). The summed E-state index contributed by atoms with van der Waals surface area (Å²) in [4.78, 5) is 27.8. The number of pyridine rings is 1. The normalized spacial score (nSPS) is 17.6. The zero-order valence-corrected chi connectivity index (χ0v) is 15.7. The minimum Gasteiger partial charge on any atom is -0.494 e. The number of rotatable bonds is 3. The first kappa shape index (κ1) is 16.7. The first-order valence-corrected chi connectivity index (χ1v) is 9.45. The van der Waals surface area contributed by atoms with E-state index in [9.17, 15) is 4.79 Å². The van der Waals surface area contributed by atoms with Gasteiger partial charge in [0.05, 0.1) is 17.7 Å². The number of aromatic nitrogens is 2. The molecule has 1 saturated heterocycles. The summed E-state index contributed by atoms with van der Waals surface area (Å²) in [6, 6.07) is 9.62. The van der Waals surface area contributed by atoms with Gasteiger partial charge in [-0.3, -0.25) is 9.69 Å². The number of amidine groups is 1. The standard InChI is InChI=1S/C18H14N4O2S2/c1-22-16(23)14(26-18(22)21-17-19-8-9-25-17)10-12-7-6-11-4-3-5-13(24-2)15(11)20-12/h3-10H,1-2H3/b14-10+,21-18?. The van der Waals surface area contributed by atoms with Crippen molar-refractivity contribution in [3.05, 3.63) is 52.5 Å². The van der Waals surface area contributed by atoms with Crippen LogP contribution < -0.4 is 4.74 Å². The molecule has 2 aromatic heterocycles. The minimum absolute atomic E-state index is 0.104. The topological polar surface area (TPSA) is 67.7 Å². The van der Waals surface area contributed by atoms with E-state index >= 15 is 0 Å². The lowest BCUT2D eigenvalue weighted by atomic mass is 10.2. The van der Waals surface area contributed by atoms with Crippen LogP contribution in [0.2, 0.25) is 0 Å². The maximum Gasteiger partial charge on any atom is 0.266 e. The summed E-state index contributed by atoms with van der Waals surface area (Å²) in [5, 5.41) is 4.07. The van der Waals surface area contributed by atoms with Gasteiger partial charge in [0.25, 0.3) is 5.91 Å². The van der Waals surface area contributed by atoms with Crippen LogP contribution in [0.15, 0.2) is 51.8 Å². The summed E-state index contributed by atoms with van der Waals surface area (Å²) >= 11 is 2.75. The van der Waals surface area contributed by atoms with E-state index in [-0.39, 0.29) is 5.91 Å². The number of ether oxygens (including phenoxy) is 1. The third-order valence-electron chi connectivity index (χ3n) is 3.82. The Kier molecular flexibility index (Phi) is 4.44. The number of hydrogen-bond donors (Lipinski definition) is 0. The number of methoxy groups -OCH3 is 1. The molecule has 0 atom stereocenters. The quantitative estimate of drug-likeness (QED) is 0.642. The second-order valence-electron chi connectivity index (χ2n) is 5.45. The fourth-order valence-electron chi connectivity index (χ4n) is 2.52. The maximum atomic E-state index is 12.5. The molecule has 26 heavy (non-hydrogen) atoms. The third kappa shape index (κ3) is 3.09. The number of carbonyl (C=O) groups is 1. The van der Waals surface area contributed by atoms with Crippen LogP contribution in [0.4, 0.5) is 5.13 Å². The zero-order chi connectivity index (χ0) is 18.1. The molecule has 6 nitrogen and oxygen atoms in total. The molecule has 0 unspecified atom stereocenters. The van der Waals surface area contributed by atoms with E-state index in [0.717, 1.165) is 10.9 Å². The van der Waals surface area contributed by atoms with Gasteiger partial charge in [-0.1, -0.05) is 18.2 Å². The highest BCUT2D eigenvalue weighted by Gasteiger charge is 2.30. The van der Waals surface area contributed by atoms with Crippen molar-refractivity contribution in [3.8, 4) is 5.75 Å². The lowest BCUT2D eigenvalue weighted by Gasteiger charge is -2.06. The Labute approximate surface area is 158 Å². The van der Waals surface area contributed by atoms with Crippen molar-refractivity contribution in [2.75, 3.05) is 14.2 Å². The van der Waals surface area contributed by atoms with Crippen LogP contribution in [0.25, 0.3) is 17.0 Å². The average Bonchev–Trinajstić information content (AvgIpc) is 3.26. The van der Waals surface area contributed by atoms with Crippen LogP contribution >= 0.6 is 23.1 Å². The van der Waals surface area contributed by atoms with Crippen molar-refractivity contribution < 1.29 is 9.53 Å². The molecule has 0 radical (unpaired) electrons.